The Hall–Kier alpha value is -3.39. The first-order chi connectivity index (χ1) is 20.4. The highest BCUT2D eigenvalue weighted by atomic mass is 32.2. The van der Waals surface area contributed by atoms with Gasteiger partial charge < -0.3 is 4.90 Å². The summed E-state index contributed by atoms with van der Waals surface area (Å²) < 4.78 is 57.0. The van der Waals surface area contributed by atoms with E-state index in [9.17, 15) is 31.2 Å². The lowest BCUT2D eigenvalue weighted by Crippen LogP contribution is -2.41. The van der Waals surface area contributed by atoms with Crippen molar-refractivity contribution < 1.29 is 31.2 Å². The van der Waals surface area contributed by atoms with Crippen molar-refractivity contribution in [1.29, 1.82) is 0 Å². The summed E-state index contributed by atoms with van der Waals surface area (Å²) in [5.41, 5.74) is 1.82. The van der Waals surface area contributed by atoms with Crippen molar-refractivity contribution in [3.63, 3.8) is 0 Å². The summed E-state index contributed by atoms with van der Waals surface area (Å²) in [4.78, 5) is 39.6. The van der Waals surface area contributed by atoms with Gasteiger partial charge in [-0.15, -0.1) is 0 Å². The molecule has 0 saturated carbocycles. The van der Waals surface area contributed by atoms with Crippen molar-refractivity contribution in [2.24, 2.45) is 0 Å². The molecular weight excluding hydrogens is 592 g/mol. The third kappa shape index (κ3) is 7.96. The maximum absolute atomic E-state index is 13.6. The molecule has 0 spiro atoms. The molecule has 13 heteroatoms. The number of benzene rings is 2. The molecule has 11 nitrogen and oxygen atoms in total. The van der Waals surface area contributed by atoms with Crippen LogP contribution < -0.4 is 0 Å². The van der Waals surface area contributed by atoms with Gasteiger partial charge in [0.25, 0.3) is 11.8 Å². The minimum Gasteiger partial charge on any atom is -0.340 e. The molecule has 0 N–H and O–H groups in total. The number of nitrogens with zero attached hydrogens (tertiary/aromatic N) is 4. The fraction of sp³-hybridized carbons (Fsp3) is 0.433. The second kappa shape index (κ2) is 13.9. The number of aryl methyl sites for hydroxylation is 2. The van der Waals surface area contributed by atoms with Gasteiger partial charge >= 0.3 is 0 Å². The molecule has 0 aliphatic carbocycles. The smallest absolute Gasteiger partial charge is 0.253 e. The van der Waals surface area contributed by atoms with E-state index in [1.54, 1.807) is 24.3 Å². The number of carbonyl (C=O) groups excluding carboxylic acids is 3. The van der Waals surface area contributed by atoms with E-state index in [2.05, 4.69) is 0 Å². The lowest BCUT2D eigenvalue weighted by atomic mass is 10.1. The zero-order valence-corrected chi connectivity index (χ0v) is 26.1. The van der Waals surface area contributed by atoms with Gasteiger partial charge in [0.1, 0.15) is 0 Å². The van der Waals surface area contributed by atoms with Crippen molar-refractivity contribution in [2.75, 3.05) is 45.8 Å². The Morgan fingerprint density at radius 3 is 1.49 bits per heavy atom. The van der Waals surface area contributed by atoms with Gasteiger partial charge in [-0.1, -0.05) is 41.8 Å². The van der Waals surface area contributed by atoms with Crippen molar-refractivity contribution in [2.45, 2.75) is 49.3 Å². The number of hydrogen-bond donors (Lipinski definition) is 0. The van der Waals surface area contributed by atoms with Crippen LogP contribution in [0.5, 0.6) is 0 Å². The zero-order chi connectivity index (χ0) is 31.2. The first kappa shape index (κ1) is 32.5. The lowest BCUT2D eigenvalue weighted by Gasteiger charge is -2.26. The standard InChI is InChI=1S/C30H38N4O7S2/c1-24-7-11-26(12-8-24)42(38,39)32-20-18-31(28(35)6-4-3-5-17-34-29(36)15-16-30(34)37)19-21-33(23-22-32)43(40,41)27-13-9-25(2)10-14-27/h7-16H,3-6,17-23H2,1-2H3. The van der Waals surface area contributed by atoms with Crippen LogP contribution in [0.2, 0.25) is 0 Å². The molecule has 0 unspecified atom stereocenters. The summed E-state index contributed by atoms with van der Waals surface area (Å²) >= 11 is 0. The second-order valence-corrected chi connectivity index (χ2v) is 14.7. The Morgan fingerprint density at radius 2 is 1.05 bits per heavy atom. The van der Waals surface area contributed by atoms with E-state index in [-0.39, 0.29) is 79.7 Å². The Morgan fingerprint density at radius 1 is 0.628 bits per heavy atom. The van der Waals surface area contributed by atoms with Crippen LogP contribution in [-0.4, -0.2) is 98.8 Å². The van der Waals surface area contributed by atoms with Crippen molar-refractivity contribution in [3.05, 3.63) is 71.8 Å². The van der Waals surface area contributed by atoms with E-state index >= 15 is 0 Å². The van der Waals surface area contributed by atoms with Gasteiger partial charge in [0.05, 0.1) is 9.79 Å². The van der Waals surface area contributed by atoms with Crippen LogP contribution in [0.4, 0.5) is 0 Å². The normalized spacial score (nSPS) is 17.6. The summed E-state index contributed by atoms with van der Waals surface area (Å²) in [5, 5.41) is 0. The Balaban J connectivity index is 1.48. The third-order valence-corrected chi connectivity index (χ3v) is 11.5. The van der Waals surface area contributed by atoms with Crippen LogP contribution in [0.1, 0.15) is 36.8 Å². The molecule has 43 heavy (non-hydrogen) atoms. The maximum atomic E-state index is 13.6. The number of amides is 3. The predicted octanol–water partition coefficient (Wildman–Crippen LogP) is 2.31. The van der Waals surface area contributed by atoms with E-state index in [0.717, 1.165) is 16.0 Å². The van der Waals surface area contributed by atoms with E-state index in [0.29, 0.717) is 19.3 Å². The molecule has 1 fully saturated rings. The molecule has 4 rings (SSSR count). The average Bonchev–Trinajstić information content (AvgIpc) is 3.34. The Labute approximate surface area is 253 Å². The highest BCUT2D eigenvalue weighted by Crippen LogP contribution is 2.21. The molecule has 232 valence electrons. The van der Waals surface area contributed by atoms with Crippen LogP contribution in [-0.2, 0) is 34.4 Å². The second-order valence-electron chi connectivity index (χ2n) is 10.8. The number of unbranched alkanes of at least 4 members (excludes halogenated alkanes) is 2. The summed E-state index contributed by atoms with van der Waals surface area (Å²) in [6.07, 6.45) is 4.32. The molecule has 2 aromatic rings. The fourth-order valence-corrected chi connectivity index (χ4v) is 7.85. The van der Waals surface area contributed by atoms with Crippen LogP contribution >= 0.6 is 0 Å². The number of imide groups is 1. The molecule has 2 aliphatic rings. The van der Waals surface area contributed by atoms with Crippen molar-refractivity contribution >= 4 is 37.8 Å². The van der Waals surface area contributed by atoms with Gasteiger partial charge in [-0.2, -0.15) is 8.61 Å². The highest BCUT2D eigenvalue weighted by molar-refractivity contribution is 7.89. The van der Waals surface area contributed by atoms with Crippen LogP contribution in [0.25, 0.3) is 0 Å². The fourth-order valence-electron chi connectivity index (χ4n) is 5.00. The third-order valence-electron chi connectivity index (χ3n) is 7.68. The zero-order valence-electron chi connectivity index (χ0n) is 24.5. The molecule has 0 radical (unpaired) electrons. The molecule has 0 atom stereocenters. The minimum absolute atomic E-state index is 0.0204. The topological polar surface area (TPSA) is 132 Å². The molecule has 2 heterocycles. The van der Waals surface area contributed by atoms with Crippen molar-refractivity contribution in [1.82, 2.24) is 18.4 Å². The van der Waals surface area contributed by atoms with Gasteiger partial charge in [-0.05, 0) is 51.0 Å². The summed E-state index contributed by atoms with van der Waals surface area (Å²) in [6.45, 7) is 4.14. The molecule has 2 aliphatic heterocycles. The molecule has 0 aromatic heterocycles. The predicted molar refractivity (Wildman–Crippen MR) is 161 cm³/mol. The van der Waals surface area contributed by atoms with E-state index in [1.165, 1.54) is 49.9 Å². The summed E-state index contributed by atoms with van der Waals surface area (Å²) in [5.74, 6) is -0.890. The largest absolute Gasteiger partial charge is 0.340 e. The molecule has 0 bridgehead atoms. The summed E-state index contributed by atoms with van der Waals surface area (Å²) in [6, 6.07) is 12.9. The van der Waals surface area contributed by atoms with Crippen LogP contribution in [0.3, 0.4) is 0 Å². The van der Waals surface area contributed by atoms with Gasteiger partial charge in [-0.25, -0.2) is 16.8 Å². The number of hydrogen-bond acceptors (Lipinski definition) is 7. The quantitative estimate of drug-likeness (QED) is 0.291. The van der Waals surface area contributed by atoms with E-state index in [1.807, 2.05) is 13.8 Å². The number of rotatable bonds is 10. The molecule has 3 amide bonds. The molecule has 2 aromatic carbocycles. The minimum atomic E-state index is -3.96. The highest BCUT2D eigenvalue weighted by Gasteiger charge is 2.32. The van der Waals surface area contributed by atoms with Crippen molar-refractivity contribution in [3.8, 4) is 0 Å². The van der Waals surface area contributed by atoms with Gasteiger partial charge in [0.15, 0.2) is 0 Å². The Bertz CT molecular complexity index is 1470. The molecular formula is C30H38N4O7S2. The lowest BCUT2D eigenvalue weighted by molar-refractivity contribution is -0.137. The first-order valence-corrected chi connectivity index (χ1v) is 17.2. The first-order valence-electron chi connectivity index (χ1n) is 14.3. The number of sulfonamides is 2. The van der Waals surface area contributed by atoms with Gasteiger partial charge in [0.2, 0.25) is 26.0 Å². The van der Waals surface area contributed by atoms with Gasteiger partial charge in [-0.3, -0.25) is 19.3 Å². The van der Waals surface area contributed by atoms with E-state index < -0.39 is 20.0 Å². The summed E-state index contributed by atoms with van der Waals surface area (Å²) in [7, 11) is -7.91. The number of carbonyl (C=O) groups is 3. The Kier molecular flexibility index (Phi) is 10.5. The molecule has 1 saturated heterocycles. The van der Waals surface area contributed by atoms with Crippen LogP contribution in [0, 0.1) is 13.8 Å². The van der Waals surface area contributed by atoms with E-state index in [4.69, 9.17) is 0 Å². The maximum Gasteiger partial charge on any atom is 0.253 e. The van der Waals surface area contributed by atoms with Crippen LogP contribution in [0.15, 0.2) is 70.5 Å². The monoisotopic (exact) mass is 630 g/mol. The average molecular weight is 631 g/mol. The SMILES string of the molecule is Cc1ccc(S(=O)(=O)N2CCN(C(=O)CCCCCN3C(=O)C=CC3=O)CCN(S(=O)(=O)c3ccc(C)cc3)CC2)cc1. The van der Waals surface area contributed by atoms with Gasteiger partial charge in [0, 0.05) is 64.4 Å².